The lowest BCUT2D eigenvalue weighted by atomic mass is 10.2. The van der Waals surface area contributed by atoms with Crippen LogP contribution in [0.5, 0.6) is 0 Å². The van der Waals surface area contributed by atoms with E-state index in [4.69, 9.17) is 4.98 Å². The van der Waals surface area contributed by atoms with E-state index in [-0.39, 0.29) is 5.56 Å². The second kappa shape index (κ2) is 12.0. The van der Waals surface area contributed by atoms with Crippen molar-refractivity contribution in [2.45, 2.75) is 47.8 Å². The van der Waals surface area contributed by atoms with Crippen LogP contribution in [0.25, 0.3) is 22.3 Å². The van der Waals surface area contributed by atoms with Gasteiger partial charge in [0.05, 0.1) is 10.9 Å². The highest BCUT2D eigenvalue weighted by Crippen LogP contribution is 2.68. The van der Waals surface area contributed by atoms with Gasteiger partial charge in [-0.25, -0.2) is 4.98 Å². The molecule has 184 valence electrons. The number of nitrogens with zero attached hydrogens (tertiary/aromatic N) is 5. The minimum Gasteiger partial charge on any atom is -0.268 e. The van der Waals surface area contributed by atoms with E-state index in [1.165, 1.54) is 0 Å². The largest absolute Gasteiger partial charge is 0.268 e. The lowest BCUT2D eigenvalue weighted by Gasteiger charge is -2.46. The second-order valence-electron chi connectivity index (χ2n) is 8.30. The Morgan fingerprint density at radius 1 is 0.706 bits per heavy atom. The van der Waals surface area contributed by atoms with Crippen LogP contribution in [0.2, 0.25) is 0 Å². The summed E-state index contributed by atoms with van der Waals surface area (Å²) < 4.78 is 9.82. The molecule has 0 aliphatic heterocycles. The summed E-state index contributed by atoms with van der Waals surface area (Å²) in [7, 11) is -2.08. The zero-order chi connectivity index (χ0) is 24.7. The number of hydrogen-bond donors (Lipinski definition) is 0. The van der Waals surface area contributed by atoms with Crippen molar-refractivity contribution in [2.24, 2.45) is 0 Å². The van der Waals surface area contributed by atoms with Crippen LogP contribution in [-0.4, -0.2) is 62.8 Å². The van der Waals surface area contributed by atoms with Gasteiger partial charge in [-0.15, -0.1) is 14.0 Å². The first kappa shape index (κ1) is 26.5. The molecule has 6 nitrogen and oxygen atoms in total. The second-order valence-corrected chi connectivity index (χ2v) is 11.7. The van der Waals surface area contributed by atoms with Crippen molar-refractivity contribution in [1.82, 2.24) is 23.6 Å². The van der Waals surface area contributed by atoms with Gasteiger partial charge in [0.25, 0.3) is 5.56 Å². The van der Waals surface area contributed by atoms with Crippen molar-refractivity contribution >= 4 is 18.6 Å². The number of fused-ring (bicyclic) bond motifs is 1. The van der Waals surface area contributed by atoms with Crippen molar-refractivity contribution in [3.8, 4) is 11.4 Å². The van der Waals surface area contributed by atoms with Crippen LogP contribution in [0.15, 0.2) is 59.4 Å². The van der Waals surface area contributed by atoms with Crippen molar-refractivity contribution < 1.29 is 0 Å². The molecule has 7 heteroatoms. The molecule has 0 atom stereocenters. The van der Waals surface area contributed by atoms with Crippen molar-refractivity contribution in [1.29, 1.82) is 0 Å². The van der Waals surface area contributed by atoms with Crippen LogP contribution in [0, 0.1) is 0 Å². The van der Waals surface area contributed by atoms with Crippen molar-refractivity contribution in [3.05, 3.63) is 65.0 Å². The van der Waals surface area contributed by atoms with Gasteiger partial charge in [0.1, 0.15) is 5.82 Å². The molecular formula is C27H41N5OP+. The molecule has 1 aromatic heterocycles. The van der Waals surface area contributed by atoms with Gasteiger partial charge in [-0.2, -0.15) is 0 Å². The molecule has 0 aliphatic rings. The molecule has 2 aromatic carbocycles. The molecule has 3 aromatic rings. The molecule has 0 amide bonds. The number of para-hydroxylation sites is 1. The average Bonchev–Trinajstić information content (AvgIpc) is 2.88. The Kier molecular flexibility index (Phi) is 9.38. The molecule has 0 fully saturated rings. The fourth-order valence-corrected chi connectivity index (χ4v) is 10.1. The summed E-state index contributed by atoms with van der Waals surface area (Å²) in [5.41, 5.74) is 1.77. The summed E-state index contributed by atoms with van der Waals surface area (Å²) in [6, 6.07) is 17.9. The molecule has 0 aliphatic carbocycles. The highest BCUT2D eigenvalue weighted by molar-refractivity contribution is 7.68. The Bertz CT molecular complexity index is 1070. The first-order valence-electron chi connectivity index (χ1n) is 12.7. The van der Waals surface area contributed by atoms with Crippen LogP contribution >= 0.6 is 7.71 Å². The molecule has 0 saturated carbocycles. The molecule has 34 heavy (non-hydrogen) atoms. The minimum absolute atomic E-state index is 0.0419. The monoisotopic (exact) mass is 482 g/mol. The number of rotatable bonds is 12. The number of benzene rings is 2. The Morgan fingerprint density at radius 2 is 1.18 bits per heavy atom. The number of aromatic nitrogens is 2. The lowest BCUT2D eigenvalue weighted by Crippen LogP contribution is -2.48. The standard InChI is InChI=1S/C27H41N5OP/c1-7-29(8-2)34(30(9-3)10-4,31(11-5)12-6)22-32-26(23-18-14-13-15-19-23)28-25-21-17-16-20-24(25)27(32)33/h13-21H,7-12,22H2,1-6H3/q+1. The minimum atomic E-state index is -2.08. The molecule has 1 heterocycles. The highest BCUT2D eigenvalue weighted by Gasteiger charge is 2.54. The van der Waals surface area contributed by atoms with Crippen LogP contribution in [0.4, 0.5) is 0 Å². The summed E-state index contributed by atoms with van der Waals surface area (Å²) in [5, 5.41) is 0.680. The van der Waals surface area contributed by atoms with Crippen molar-refractivity contribution in [3.63, 3.8) is 0 Å². The van der Waals surface area contributed by atoms with Gasteiger partial charge < -0.3 is 0 Å². The van der Waals surface area contributed by atoms with E-state index < -0.39 is 7.71 Å². The van der Waals surface area contributed by atoms with Gasteiger partial charge in [-0.1, -0.05) is 42.5 Å². The predicted molar refractivity (Wildman–Crippen MR) is 147 cm³/mol. The smallest absolute Gasteiger partial charge is 0.264 e. The van der Waals surface area contributed by atoms with E-state index in [1.807, 2.05) is 47.0 Å². The molecule has 0 bridgehead atoms. The Hall–Kier alpha value is -2.11. The van der Waals surface area contributed by atoms with Crippen molar-refractivity contribution in [2.75, 3.05) is 39.3 Å². The van der Waals surface area contributed by atoms with Crippen LogP contribution in [0.1, 0.15) is 41.5 Å². The lowest BCUT2D eigenvalue weighted by molar-refractivity contribution is 0.320. The van der Waals surface area contributed by atoms with Gasteiger partial charge >= 0.3 is 0 Å². The summed E-state index contributed by atoms with van der Waals surface area (Å²) in [6.07, 6.45) is 0.624. The van der Waals surface area contributed by atoms with E-state index in [1.54, 1.807) is 0 Å². The third kappa shape index (κ3) is 4.83. The van der Waals surface area contributed by atoms with Crippen LogP contribution in [0.3, 0.4) is 0 Å². The Balaban J connectivity index is 2.38. The first-order chi connectivity index (χ1) is 16.5. The quantitative estimate of drug-likeness (QED) is 0.305. The maximum absolute atomic E-state index is 14.1. The zero-order valence-corrected chi connectivity index (χ0v) is 22.6. The molecule has 0 saturated heterocycles. The molecule has 0 N–H and O–H groups in total. The molecular weight excluding hydrogens is 441 g/mol. The fourth-order valence-electron chi connectivity index (χ4n) is 5.13. The van der Waals surface area contributed by atoms with Crippen LogP contribution in [-0.2, 0) is 6.29 Å². The number of hydrogen-bond acceptors (Lipinski definition) is 5. The maximum atomic E-state index is 14.1. The third-order valence-corrected chi connectivity index (χ3v) is 11.9. The Labute approximate surface area is 205 Å². The van der Waals surface area contributed by atoms with E-state index >= 15 is 0 Å². The van der Waals surface area contributed by atoms with E-state index in [0.29, 0.717) is 11.7 Å². The molecule has 0 radical (unpaired) electrons. The average molecular weight is 483 g/mol. The van der Waals surface area contributed by atoms with Gasteiger partial charge in [0, 0.05) is 44.8 Å². The van der Waals surface area contributed by atoms with E-state index in [2.05, 4.69) is 67.7 Å². The Morgan fingerprint density at radius 3 is 1.68 bits per heavy atom. The molecule has 0 unspecified atom stereocenters. The summed E-state index contributed by atoms with van der Waals surface area (Å²) in [6.45, 7) is 19.1. The molecule has 3 rings (SSSR count). The first-order valence-corrected chi connectivity index (χ1v) is 14.5. The summed E-state index contributed by atoms with van der Waals surface area (Å²) in [5.74, 6) is 0.750. The van der Waals surface area contributed by atoms with Gasteiger partial charge in [-0.3, -0.25) is 9.36 Å². The summed E-state index contributed by atoms with van der Waals surface area (Å²) in [4.78, 5) is 19.1. The highest BCUT2D eigenvalue weighted by atomic mass is 31.2. The van der Waals surface area contributed by atoms with E-state index in [9.17, 15) is 4.79 Å². The normalized spacial score (nSPS) is 12.4. The fraction of sp³-hybridized carbons (Fsp3) is 0.481. The topological polar surface area (TPSA) is 44.6 Å². The maximum Gasteiger partial charge on any atom is 0.264 e. The summed E-state index contributed by atoms with van der Waals surface area (Å²) >= 11 is 0. The molecule has 0 spiro atoms. The zero-order valence-electron chi connectivity index (χ0n) is 21.7. The van der Waals surface area contributed by atoms with Gasteiger partial charge in [0.2, 0.25) is 7.71 Å². The third-order valence-electron chi connectivity index (χ3n) is 6.77. The SMILES string of the molecule is CCN(CC)[P+](Cn1c(-c2ccccc2)nc2ccccc2c1=O)(N(CC)CC)N(CC)CC. The van der Waals surface area contributed by atoms with Crippen LogP contribution < -0.4 is 5.56 Å². The van der Waals surface area contributed by atoms with Gasteiger partial charge in [-0.05, 0) is 53.7 Å². The predicted octanol–water partition coefficient (Wildman–Crippen LogP) is 5.81. The van der Waals surface area contributed by atoms with E-state index in [0.717, 1.165) is 56.2 Å². The van der Waals surface area contributed by atoms with Gasteiger partial charge in [0.15, 0.2) is 6.29 Å².